The predicted molar refractivity (Wildman–Crippen MR) is 118 cm³/mol. The van der Waals surface area contributed by atoms with Gasteiger partial charge in [-0.25, -0.2) is 32.5 Å². The maximum atomic E-state index is 14.7. The number of amides is 1. The van der Waals surface area contributed by atoms with Crippen LogP contribution in [0.15, 0.2) is 54.2 Å². The molecule has 0 saturated heterocycles. The fourth-order valence-corrected chi connectivity index (χ4v) is 4.00. The summed E-state index contributed by atoms with van der Waals surface area (Å²) in [6.45, 7) is 1.49. The van der Waals surface area contributed by atoms with Crippen molar-refractivity contribution in [2.24, 2.45) is 10.7 Å². The number of carbonyl (C=O) groups excluding carboxylic acids is 2. The van der Waals surface area contributed by atoms with E-state index in [-0.39, 0.29) is 34.8 Å². The number of halogens is 4. The first-order chi connectivity index (χ1) is 16.6. The highest BCUT2D eigenvalue weighted by Gasteiger charge is 2.51. The van der Waals surface area contributed by atoms with Gasteiger partial charge in [0.1, 0.15) is 12.1 Å². The molecular formula is C23H20F4N6O2. The number of carbonyl (C=O) groups is 2. The molecule has 0 radical (unpaired) electrons. The van der Waals surface area contributed by atoms with E-state index in [1.165, 1.54) is 44.8 Å². The zero-order chi connectivity index (χ0) is 25.5. The molecule has 0 spiro atoms. The van der Waals surface area contributed by atoms with Crippen LogP contribution in [0, 0.1) is 5.82 Å². The third kappa shape index (κ3) is 3.84. The van der Waals surface area contributed by atoms with Crippen molar-refractivity contribution < 1.29 is 27.2 Å². The molecule has 0 aliphatic carbocycles. The van der Waals surface area contributed by atoms with Gasteiger partial charge in [0.05, 0.1) is 5.69 Å². The molecule has 1 aromatic carbocycles. The van der Waals surface area contributed by atoms with E-state index in [1.807, 2.05) is 0 Å². The molecule has 0 saturated carbocycles. The van der Waals surface area contributed by atoms with Gasteiger partial charge in [0.15, 0.2) is 17.3 Å². The molecule has 12 heteroatoms. The maximum absolute atomic E-state index is 14.7. The molecule has 2 atom stereocenters. The molecule has 1 aliphatic heterocycles. The van der Waals surface area contributed by atoms with Crippen molar-refractivity contribution in [2.75, 3.05) is 7.05 Å². The highest BCUT2D eigenvalue weighted by molar-refractivity contribution is 6.09. The fraction of sp³-hybridized carbons (Fsp3) is 0.261. The van der Waals surface area contributed by atoms with Crippen LogP contribution < -0.4 is 5.73 Å². The topological polar surface area (TPSA) is 106 Å². The molecule has 1 amide bonds. The average molecular weight is 488 g/mol. The minimum absolute atomic E-state index is 0.0406. The minimum Gasteiger partial charge on any atom is -0.369 e. The third-order valence-corrected chi connectivity index (χ3v) is 5.84. The largest absolute Gasteiger partial charge is 0.369 e. The molecule has 35 heavy (non-hydrogen) atoms. The van der Waals surface area contributed by atoms with Gasteiger partial charge >= 0.3 is 0 Å². The first kappa shape index (κ1) is 24.0. The number of ketones is 1. The molecule has 0 bridgehead atoms. The van der Waals surface area contributed by atoms with E-state index in [0.29, 0.717) is 10.1 Å². The van der Waals surface area contributed by atoms with Gasteiger partial charge in [0.25, 0.3) is 12.3 Å². The zero-order valence-corrected chi connectivity index (χ0v) is 18.6. The summed E-state index contributed by atoms with van der Waals surface area (Å²) in [6.07, 6.45) is -1.42. The monoisotopic (exact) mass is 488 g/mol. The summed E-state index contributed by atoms with van der Waals surface area (Å²) >= 11 is 0. The Morgan fingerprint density at radius 2 is 1.83 bits per heavy atom. The van der Waals surface area contributed by atoms with E-state index in [2.05, 4.69) is 15.0 Å². The molecular weight excluding hydrogens is 468 g/mol. The number of aliphatic imine (C=N–C) groups is 1. The summed E-state index contributed by atoms with van der Waals surface area (Å²) in [5.74, 6) is -2.16. The van der Waals surface area contributed by atoms with Crippen LogP contribution in [0.1, 0.15) is 41.3 Å². The number of likely N-dealkylation sites (N-methyl/N-ethyl adjacent to an activating group) is 1. The van der Waals surface area contributed by atoms with Crippen LogP contribution in [-0.4, -0.2) is 50.6 Å². The number of nitrogens with two attached hydrogens (primary N) is 1. The summed E-state index contributed by atoms with van der Waals surface area (Å²) in [4.78, 5) is 39.1. The van der Waals surface area contributed by atoms with E-state index in [0.717, 1.165) is 23.2 Å². The summed E-state index contributed by atoms with van der Waals surface area (Å²) in [5, 5.41) is 0. The lowest BCUT2D eigenvalue weighted by Gasteiger charge is -2.25. The van der Waals surface area contributed by atoms with Gasteiger partial charge in [0, 0.05) is 48.7 Å². The molecule has 182 valence electrons. The second kappa shape index (κ2) is 8.93. The Labute approximate surface area is 197 Å². The van der Waals surface area contributed by atoms with Crippen LogP contribution in [0.2, 0.25) is 0 Å². The van der Waals surface area contributed by atoms with Crippen molar-refractivity contribution in [1.29, 1.82) is 0 Å². The van der Waals surface area contributed by atoms with Crippen LogP contribution in [0.25, 0.3) is 11.1 Å². The van der Waals surface area contributed by atoms with Gasteiger partial charge in [-0.1, -0.05) is 13.0 Å². The van der Waals surface area contributed by atoms with Crippen molar-refractivity contribution in [1.82, 2.24) is 19.4 Å². The van der Waals surface area contributed by atoms with E-state index >= 15 is 0 Å². The molecule has 3 heterocycles. The summed E-state index contributed by atoms with van der Waals surface area (Å²) in [6, 6.07) is 4.86. The van der Waals surface area contributed by atoms with Crippen LogP contribution in [-0.2, 0) is 10.3 Å². The Kier molecular flexibility index (Phi) is 6.14. The van der Waals surface area contributed by atoms with Crippen molar-refractivity contribution in [3.63, 3.8) is 0 Å². The average Bonchev–Trinajstić information content (AvgIpc) is 3.40. The number of hydrogen-bond donors (Lipinski definition) is 1. The predicted octanol–water partition coefficient (Wildman–Crippen LogP) is 3.44. The fourth-order valence-electron chi connectivity index (χ4n) is 4.00. The first-order valence-corrected chi connectivity index (χ1v) is 10.5. The van der Waals surface area contributed by atoms with Gasteiger partial charge < -0.3 is 10.3 Å². The number of alkyl halides is 3. The van der Waals surface area contributed by atoms with Gasteiger partial charge in [-0.15, -0.1) is 0 Å². The lowest BCUT2D eigenvalue weighted by Crippen LogP contribution is -2.41. The second-order valence-corrected chi connectivity index (χ2v) is 7.87. The Hall–Kier alpha value is -4.09. The van der Waals surface area contributed by atoms with E-state index in [1.54, 1.807) is 0 Å². The van der Waals surface area contributed by atoms with Gasteiger partial charge in [-0.3, -0.25) is 14.5 Å². The number of rotatable bonds is 7. The Bertz CT molecular complexity index is 1330. The van der Waals surface area contributed by atoms with Gasteiger partial charge in [-0.2, -0.15) is 0 Å². The van der Waals surface area contributed by atoms with E-state index in [9.17, 15) is 27.2 Å². The zero-order valence-electron chi connectivity index (χ0n) is 18.6. The summed E-state index contributed by atoms with van der Waals surface area (Å²) in [5.41, 5.74) is 3.99. The van der Waals surface area contributed by atoms with Crippen molar-refractivity contribution in [3.05, 3.63) is 71.8 Å². The van der Waals surface area contributed by atoms with Gasteiger partial charge in [0.2, 0.25) is 6.30 Å². The lowest BCUT2D eigenvalue weighted by atomic mass is 9.82. The van der Waals surface area contributed by atoms with Crippen molar-refractivity contribution in [2.45, 2.75) is 31.6 Å². The van der Waals surface area contributed by atoms with E-state index in [4.69, 9.17) is 5.73 Å². The van der Waals surface area contributed by atoms with Gasteiger partial charge in [-0.05, 0) is 23.8 Å². The molecule has 1 aliphatic rings. The summed E-state index contributed by atoms with van der Waals surface area (Å²) in [7, 11) is 1.35. The smallest absolute Gasteiger partial charge is 0.288 e. The minimum atomic E-state index is -3.43. The Balaban J connectivity index is 2.00. The van der Waals surface area contributed by atoms with E-state index < -0.39 is 35.8 Å². The molecule has 2 N–H and O–H groups in total. The second-order valence-electron chi connectivity index (χ2n) is 7.87. The highest BCUT2D eigenvalue weighted by atomic mass is 19.3. The first-order valence-electron chi connectivity index (χ1n) is 10.5. The molecule has 3 aromatic rings. The highest BCUT2D eigenvalue weighted by Crippen LogP contribution is 2.42. The lowest BCUT2D eigenvalue weighted by molar-refractivity contribution is -0.129. The Morgan fingerprint density at radius 3 is 2.40 bits per heavy atom. The van der Waals surface area contributed by atoms with Crippen molar-refractivity contribution >= 4 is 17.6 Å². The normalized spacial score (nSPS) is 18.8. The number of aromatic nitrogens is 3. The number of guanidine groups is 1. The number of nitrogens with zero attached hydrogens (tertiary/aromatic N) is 5. The summed E-state index contributed by atoms with van der Waals surface area (Å²) < 4.78 is 56.2. The van der Waals surface area contributed by atoms with Crippen LogP contribution in [0.4, 0.5) is 17.6 Å². The molecule has 4 rings (SSSR count). The molecule has 8 nitrogen and oxygen atoms in total. The number of Topliss-reactive ketones (excluding diaryl/α,β-unsaturated/α-hetero) is 1. The van der Waals surface area contributed by atoms with Crippen LogP contribution >= 0.6 is 0 Å². The number of benzene rings is 1. The molecule has 2 unspecified atom stereocenters. The Morgan fingerprint density at radius 1 is 1.14 bits per heavy atom. The van der Waals surface area contributed by atoms with Crippen LogP contribution in [0.3, 0.4) is 0 Å². The SMILES string of the molecule is CCC(=O)c1cc(C2(c3ccc(F)c(-c4cncnc4)c3)N=C(N)N(C)C2=O)cn1C(F)C(F)F. The molecule has 2 aromatic heterocycles. The standard InChI is InChI=1S/C23H20F4N6O2/c1-3-18(34)17-7-14(10-33(17)20(27)19(25)26)23(21(35)32(2)22(28)31-23)13-4-5-16(24)15(6-13)12-8-29-11-30-9-12/h4-11,19-20H,3H2,1-2H3,(H2,28,31). The molecule has 0 fully saturated rings. The maximum Gasteiger partial charge on any atom is 0.288 e. The number of hydrogen-bond acceptors (Lipinski definition) is 6. The third-order valence-electron chi connectivity index (χ3n) is 5.84. The quantitative estimate of drug-likeness (QED) is 0.405. The van der Waals surface area contributed by atoms with Crippen LogP contribution in [0.5, 0.6) is 0 Å². The van der Waals surface area contributed by atoms with Crippen molar-refractivity contribution in [3.8, 4) is 11.1 Å².